The molecule has 0 heterocycles. The van der Waals surface area contributed by atoms with Gasteiger partial charge in [0.25, 0.3) is 5.91 Å². The summed E-state index contributed by atoms with van der Waals surface area (Å²) in [5, 5.41) is 5.34. The molecule has 0 aliphatic heterocycles. The minimum Gasteiger partial charge on any atom is -0.484 e. The minimum atomic E-state index is -0.317. The van der Waals surface area contributed by atoms with E-state index < -0.39 is 0 Å². The van der Waals surface area contributed by atoms with Crippen LogP contribution in [0.2, 0.25) is 0 Å². The van der Waals surface area contributed by atoms with Gasteiger partial charge >= 0.3 is 0 Å². The largest absolute Gasteiger partial charge is 0.484 e. The molecule has 2 amide bonds. The van der Waals surface area contributed by atoms with Gasteiger partial charge in [-0.05, 0) is 69.4 Å². The van der Waals surface area contributed by atoms with E-state index in [-0.39, 0.29) is 30.5 Å². The zero-order chi connectivity index (χ0) is 18.5. The fraction of sp³-hybridized carbons (Fsp3) is 0.579. The lowest BCUT2D eigenvalue weighted by molar-refractivity contribution is -0.127. The summed E-state index contributed by atoms with van der Waals surface area (Å²) in [5.41, 5.74) is 3.31. The zero-order valence-electron chi connectivity index (χ0n) is 15.9. The highest BCUT2D eigenvalue weighted by molar-refractivity contribution is 5.85. The number of hydrogen-bond donors (Lipinski definition) is 2. The van der Waals surface area contributed by atoms with Crippen molar-refractivity contribution < 1.29 is 14.3 Å². The third kappa shape index (κ3) is 6.60. The van der Waals surface area contributed by atoms with Crippen LogP contribution in [0.5, 0.6) is 5.75 Å². The van der Waals surface area contributed by atoms with Gasteiger partial charge in [0.2, 0.25) is 5.91 Å². The Kier molecular flexibility index (Phi) is 6.81. The van der Waals surface area contributed by atoms with Gasteiger partial charge in [0.1, 0.15) is 5.75 Å². The second kappa shape index (κ2) is 8.18. The number of amides is 2. The number of rotatable bonds is 6. The Balaban J connectivity index is 2.52. The van der Waals surface area contributed by atoms with Gasteiger partial charge in [-0.3, -0.25) is 9.59 Å². The van der Waals surface area contributed by atoms with E-state index in [1.165, 1.54) is 5.56 Å². The molecule has 0 saturated carbocycles. The summed E-state index contributed by atoms with van der Waals surface area (Å²) in [4.78, 5) is 23.5. The van der Waals surface area contributed by atoms with E-state index in [4.69, 9.17) is 4.74 Å². The molecule has 0 spiro atoms. The summed E-state index contributed by atoms with van der Waals surface area (Å²) in [5.74, 6) is 0.582. The van der Waals surface area contributed by atoms with Gasteiger partial charge in [0.05, 0.1) is 6.54 Å². The predicted octanol–water partition coefficient (Wildman–Crippen LogP) is 2.84. The lowest BCUT2D eigenvalue weighted by Gasteiger charge is -2.20. The van der Waals surface area contributed by atoms with Crippen LogP contribution in [0.25, 0.3) is 0 Å². The van der Waals surface area contributed by atoms with Gasteiger partial charge < -0.3 is 15.4 Å². The molecule has 2 N–H and O–H groups in total. The summed E-state index contributed by atoms with van der Waals surface area (Å²) in [6.45, 7) is 13.9. The van der Waals surface area contributed by atoms with Crippen molar-refractivity contribution in [3.8, 4) is 5.75 Å². The van der Waals surface area contributed by atoms with Gasteiger partial charge in [0, 0.05) is 5.54 Å². The van der Waals surface area contributed by atoms with Crippen LogP contribution in [0.3, 0.4) is 0 Å². The molecule has 0 bridgehead atoms. The maximum absolute atomic E-state index is 11.8. The molecule has 134 valence electrons. The lowest BCUT2D eigenvalue weighted by atomic mass is 9.93. The third-order valence-electron chi connectivity index (χ3n) is 3.48. The number of ether oxygens (including phenoxy) is 1. The number of carbonyl (C=O) groups excluding carboxylic acids is 2. The summed E-state index contributed by atoms with van der Waals surface area (Å²) in [6, 6.07) is 3.89. The van der Waals surface area contributed by atoms with Crippen molar-refractivity contribution in [2.45, 2.75) is 59.9 Å². The van der Waals surface area contributed by atoms with Crippen molar-refractivity contribution in [1.29, 1.82) is 0 Å². The fourth-order valence-electron chi connectivity index (χ4n) is 2.77. The van der Waals surface area contributed by atoms with E-state index in [9.17, 15) is 9.59 Å². The molecule has 0 unspecified atom stereocenters. The van der Waals surface area contributed by atoms with E-state index in [0.29, 0.717) is 11.7 Å². The SMILES string of the molecule is Cc1cc(OCC(=O)NCC(=O)NC(C)(C)C)cc(C)c1C(C)C. The first-order chi connectivity index (χ1) is 11.0. The molecular formula is C19H30N2O3. The Morgan fingerprint density at radius 2 is 1.62 bits per heavy atom. The van der Waals surface area contributed by atoms with Crippen LogP contribution in [0.15, 0.2) is 12.1 Å². The number of benzene rings is 1. The summed E-state index contributed by atoms with van der Waals surface area (Å²) >= 11 is 0. The van der Waals surface area contributed by atoms with Crippen LogP contribution in [-0.4, -0.2) is 30.5 Å². The normalized spacial score (nSPS) is 11.3. The predicted molar refractivity (Wildman–Crippen MR) is 96.4 cm³/mol. The van der Waals surface area contributed by atoms with Gasteiger partial charge in [-0.15, -0.1) is 0 Å². The maximum atomic E-state index is 11.8. The zero-order valence-corrected chi connectivity index (χ0v) is 15.9. The van der Waals surface area contributed by atoms with Crippen molar-refractivity contribution in [2.75, 3.05) is 13.2 Å². The van der Waals surface area contributed by atoms with Crippen molar-refractivity contribution in [3.05, 3.63) is 28.8 Å². The molecule has 0 aromatic heterocycles. The van der Waals surface area contributed by atoms with Crippen molar-refractivity contribution in [3.63, 3.8) is 0 Å². The summed E-state index contributed by atoms with van der Waals surface area (Å²) in [6.07, 6.45) is 0. The molecular weight excluding hydrogens is 304 g/mol. The lowest BCUT2D eigenvalue weighted by Crippen LogP contribution is -2.46. The molecule has 0 atom stereocenters. The second-order valence-corrected chi connectivity index (χ2v) is 7.49. The van der Waals surface area contributed by atoms with Crippen LogP contribution in [0.4, 0.5) is 0 Å². The molecule has 5 nitrogen and oxygen atoms in total. The molecule has 0 aliphatic rings. The molecule has 0 radical (unpaired) electrons. The van der Waals surface area contributed by atoms with Gasteiger partial charge in [-0.1, -0.05) is 13.8 Å². The van der Waals surface area contributed by atoms with E-state index in [2.05, 4.69) is 24.5 Å². The topological polar surface area (TPSA) is 67.4 Å². The number of aryl methyl sites for hydroxylation is 2. The molecule has 5 heteroatoms. The number of carbonyl (C=O) groups is 2. The Morgan fingerprint density at radius 1 is 1.08 bits per heavy atom. The van der Waals surface area contributed by atoms with E-state index in [0.717, 1.165) is 11.1 Å². The average Bonchev–Trinajstić information content (AvgIpc) is 2.39. The summed E-state index contributed by atoms with van der Waals surface area (Å²) in [7, 11) is 0. The number of hydrogen-bond acceptors (Lipinski definition) is 3. The van der Waals surface area contributed by atoms with Crippen LogP contribution >= 0.6 is 0 Å². The molecule has 1 aromatic rings. The Hall–Kier alpha value is -2.04. The van der Waals surface area contributed by atoms with E-state index in [1.807, 2.05) is 46.8 Å². The standard InChI is InChI=1S/C19H30N2O3/c1-12(2)18-13(3)8-15(9-14(18)4)24-11-17(23)20-10-16(22)21-19(5,6)7/h8-9,12H,10-11H2,1-7H3,(H,20,23)(H,21,22). The van der Waals surface area contributed by atoms with Crippen molar-refractivity contribution in [2.24, 2.45) is 0 Å². The second-order valence-electron chi connectivity index (χ2n) is 7.49. The Labute approximate surface area is 145 Å². The smallest absolute Gasteiger partial charge is 0.258 e. The highest BCUT2D eigenvalue weighted by Gasteiger charge is 2.14. The van der Waals surface area contributed by atoms with Crippen molar-refractivity contribution >= 4 is 11.8 Å². The van der Waals surface area contributed by atoms with Crippen LogP contribution < -0.4 is 15.4 Å². The Morgan fingerprint density at radius 3 is 2.08 bits per heavy atom. The molecule has 1 rings (SSSR count). The molecule has 0 saturated heterocycles. The molecule has 0 aliphatic carbocycles. The van der Waals surface area contributed by atoms with Crippen LogP contribution in [-0.2, 0) is 9.59 Å². The third-order valence-corrected chi connectivity index (χ3v) is 3.48. The minimum absolute atomic E-state index is 0.0518. The molecule has 1 aromatic carbocycles. The first-order valence-corrected chi connectivity index (χ1v) is 8.31. The number of nitrogens with one attached hydrogen (secondary N) is 2. The van der Waals surface area contributed by atoms with Crippen molar-refractivity contribution in [1.82, 2.24) is 10.6 Å². The first kappa shape index (κ1) is 20.0. The molecule has 0 fully saturated rings. The first-order valence-electron chi connectivity index (χ1n) is 8.31. The maximum Gasteiger partial charge on any atom is 0.258 e. The fourth-order valence-corrected chi connectivity index (χ4v) is 2.77. The van der Waals surface area contributed by atoms with Gasteiger partial charge in [-0.2, -0.15) is 0 Å². The summed E-state index contributed by atoms with van der Waals surface area (Å²) < 4.78 is 5.55. The van der Waals surface area contributed by atoms with E-state index in [1.54, 1.807) is 0 Å². The average molecular weight is 334 g/mol. The monoisotopic (exact) mass is 334 g/mol. The van der Waals surface area contributed by atoms with Gasteiger partial charge in [0.15, 0.2) is 6.61 Å². The quantitative estimate of drug-likeness (QED) is 0.840. The molecule has 24 heavy (non-hydrogen) atoms. The highest BCUT2D eigenvalue weighted by atomic mass is 16.5. The van der Waals surface area contributed by atoms with Crippen LogP contribution in [0, 0.1) is 13.8 Å². The highest BCUT2D eigenvalue weighted by Crippen LogP contribution is 2.27. The van der Waals surface area contributed by atoms with Crippen LogP contribution in [0.1, 0.15) is 57.2 Å². The Bertz CT molecular complexity index is 578. The van der Waals surface area contributed by atoms with Gasteiger partial charge in [-0.25, -0.2) is 0 Å². The van der Waals surface area contributed by atoms with E-state index >= 15 is 0 Å².